The fourth-order valence-corrected chi connectivity index (χ4v) is 1.88. The van der Waals surface area contributed by atoms with Gasteiger partial charge in [-0.05, 0) is 29.8 Å². The van der Waals surface area contributed by atoms with Crippen LogP contribution in [-0.2, 0) is 0 Å². The second-order valence-electron chi connectivity index (χ2n) is 3.53. The van der Waals surface area contributed by atoms with Crippen LogP contribution in [0.15, 0.2) is 23.1 Å². The highest BCUT2D eigenvalue weighted by Gasteiger charge is 2.16. The normalized spacial score (nSPS) is 12.7. The summed E-state index contributed by atoms with van der Waals surface area (Å²) in [5.74, 6) is 0.595. The summed E-state index contributed by atoms with van der Waals surface area (Å²) >= 11 is 3.33. The largest absolute Gasteiger partial charge is 0.383 e. The summed E-state index contributed by atoms with van der Waals surface area (Å²) in [6, 6.07) is -0.0278. The Morgan fingerprint density at radius 2 is 2.06 bits per heavy atom. The zero-order valence-electron chi connectivity index (χ0n) is 9.05. The van der Waals surface area contributed by atoms with Crippen LogP contribution in [0.4, 0.5) is 5.82 Å². The molecule has 2 rings (SSSR count). The van der Waals surface area contributed by atoms with Crippen molar-refractivity contribution in [2.45, 2.75) is 19.9 Å². The first-order valence-electron chi connectivity index (χ1n) is 4.87. The van der Waals surface area contributed by atoms with Crippen LogP contribution < -0.4 is 5.73 Å². The maximum absolute atomic E-state index is 5.90. The van der Waals surface area contributed by atoms with E-state index >= 15 is 0 Å². The fraction of sp³-hybridized carbons (Fsp3) is 0.300. The molecule has 0 aliphatic rings. The third kappa shape index (κ3) is 1.80. The predicted octanol–water partition coefficient (Wildman–Crippen LogP) is 1.94. The van der Waals surface area contributed by atoms with Crippen molar-refractivity contribution in [2.24, 2.45) is 0 Å². The van der Waals surface area contributed by atoms with Gasteiger partial charge in [-0.2, -0.15) is 5.10 Å². The molecule has 0 saturated heterocycles. The topological polar surface area (TPSA) is 69.6 Å². The molecule has 1 unspecified atom stereocenters. The van der Waals surface area contributed by atoms with Gasteiger partial charge in [-0.25, -0.2) is 4.68 Å². The van der Waals surface area contributed by atoms with E-state index in [2.05, 4.69) is 31.0 Å². The van der Waals surface area contributed by atoms with Crippen molar-refractivity contribution in [2.75, 3.05) is 5.73 Å². The Hall–Kier alpha value is -1.43. The molecule has 0 aliphatic heterocycles. The Morgan fingerprint density at radius 3 is 2.62 bits per heavy atom. The second-order valence-corrected chi connectivity index (χ2v) is 4.38. The molecule has 6 heteroatoms. The Morgan fingerprint density at radius 1 is 1.38 bits per heavy atom. The first-order chi connectivity index (χ1) is 7.61. The van der Waals surface area contributed by atoms with Gasteiger partial charge in [-0.3, -0.25) is 9.97 Å². The van der Waals surface area contributed by atoms with Crippen molar-refractivity contribution in [3.63, 3.8) is 0 Å². The van der Waals surface area contributed by atoms with E-state index in [4.69, 9.17) is 5.73 Å². The van der Waals surface area contributed by atoms with E-state index < -0.39 is 0 Å². The van der Waals surface area contributed by atoms with Crippen LogP contribution in [0, 0.1) is 6.92 Å². The van der Waals surface area contributed by atoms with Gasteiger partial charge in [0.1, 0.15) is 5.82 Å². The van der Waals surface area contributed by atoms with Crippen molar-refractivity contribution < 1.29 is 0 Å². The molecule has 0 radical (unpaired) electrons. The highest BCUT2D eigenvalue weighted by molar-refractivity contribution is 9.10. The summed E-state index contributed by atoms with van der Waals surface area (Å²) in [5.41, 5.74) is 7.67. The third-order valence-corrected chi connectivity index (χ3v) is 3.08. The molecule has 0 saturated carbocycles. The van der Waals surface area contributed by atoms with Crippen molar-refractivity contribution in [3.05, 3.63) is 34.5 Å². The molecule has 1 atom stereocenters. The van der Waals surface area contributed by atoms with Crippen LogP contribution >= 0.6 is 15.9 Å². The average molecular weight is 282 g/mol. The predicted molar refractivity (Wildman–Crippen MR) is 64.9 cm³/mol. The summed E-state index contributed by atoms with van der Waals surface area (Å²) < 4.78 is 2.52. The van der Waals surface area contributed by atoms with Gasteiger partial charge in [0.05, 0.1) is 28.1 Å². The SMILES string of the molecule is Cc1nccnc1C(C)n1ncc(Br)c1N. The molecular weight excluding hydrogens is 270 g/mol. The van der Waals surface area contributed by atoms with E-state index in [9.17, 15) is 0 Å². The van der Waals surface area contributed by atoms with E-state index in [0.29, 0.717) is 5.82 Å². The van der Waals surface area contributed by atoms with Crippen LogP contribution in [-0.4, -0.2) is 19.7 Å². The number of aryl methyl sites for hydroxylation is 1. The summed E-state index contributed by atoms with van der Waals surface area (Å²) in [5, 5.41) is 4.21. The molecule has 5 nitrogen and oxygen atoms in total. The smallest absolute Gasteiger partial charge is 0.136 e. The number of hydrogen-bond acceptors (Lipinski definition) is 4. The second kappa shape index (κ2) is 4.21. The molecule has 2 aromatic heterocycles. The number of anilines is 1. The maximum atomic E-state index is 5.90. The Bertz CT molecular complexity index is 508. The fourth-order valence-electron chi connectivity index (χ4n) is 1.60. The third-order valence-electron chi connectivity index (χ3n) is 2.47. The van der Waals surface area contributed by atoms with Gasteiger partial charge in [0.2, 0.25) is 0 Å². The highest BCUT2D eigenvalue weighted by Crippen LogP contribution is 2.25. The lowest BCUT2D eigenvalue weighted by Gasteiger charge is -2.14. The maximum Gasteiger partial charge on any atom is 0.136 e. The van der Waals surface area contributed by atoms with E-state index in [-0.39, 0.29) is 6.04 Å². The minimum atomic E-state index is -0.0278. The van der Waals surface area contributed by atoms with Gasteiger partial charge in [-0.15, -0.1) is 0 Å². The van der Waals surface area contributed by atoms with Gasteiger partial charge in [0.25, 0.3) is 0 Å². The Labute approximate surface area is 102 Å². The zero-order valence-corrected chi connectivity index (χ0v) is 10.6. The number of nitrogens with zero attached hydrogens (tertiary/aromatic N) is 4. The average Bonchev–Trinajstić information content (AvgIpc) is 2.60. The number of nitrogens with two attached hydrogens (primary N) is 1. The van der Waals surface area contributed by atoms with E-state index in [0.717, 1.165) is 15.9 Å². The molecule has 84 valence electrons. The molecule has 0 spiro atoms. The molecule has 0 fully saturated rings. The lowest BCUT2D eigenvalue weighted by Crippen LogP contribution is -2.14. The molecule has 0 aliphatic carbocycles. The number of hydrogen-bond donors (Lipinski definition) is 1. The molecule has 2 N–H and O–H groups in total. The minimum absolute atomic E-state index is 0.0278. The molecule has 2 heterocycles. The van der Waals surface area contributed by atoms with E-state index in [1.54, 1.807) is 23.3 Å². The monoisotopic (exact) mass is 281 g/mol. The van der Waals surface area contributed by atoms with Crippen molar-refractivity contribution >= 4 is 21.7 Å². The highest BCUT2D eigenvalue weighted by atomic mass is 79.9. The summed E-state index contributed by atoms with van der Waals surface area (Å²) in [6.45, 7) is 3.92. The van der Waals surface area contributed by atoms with Crippen molar-refractivity contribution in [1.82, 2.24) is 19.7 Å². The van der Waals surface area contributed by atoms with Crippen LogP contribution in [0.3, 0.4) is 0 Å². The number of halogens is 1. The number of rotatable bonds is 2. The van der Waals surface area contributed by atoms with Crippen LogP contribution in [0.5, 0.6) is 0 Å². The number of nitrogen functional groups attached to an aromatic ring is 1. The molecular formula is C10H12BrN5. The van der Waals surface area contributed by atoms with Gasteiger partial charge in [0, 0.05) is 12.4 Å². The Balaban J connectivity index is 2.43. The number of aromatic nitrogens is 4. The van der Waals surface area contributed by atoms with Crippen molar-refractivity contribution in [1.29, 1.82) is 0 Å². The van der Waals surface area contributed by atoms with Crippen LogP contribution in [0.1, 0.15) is 24.4 Å². The lowest BCUT2D eigenvalue weighted by atomic mass is 10.2. The van der Waals surface area contributed by atoms with Crippen LogP contribution in [0.2, 0.25) is 0 Å². The first-order valence-corrected chi connectivity index (χ1v) is 5.66. The van der Waals surface area contributed by atoms with E-state index in [1.165, 1.54) is 0 Å². The van der Waals surface area contributed by atoms with Crippen LogP contribution in [0.25, 0.3) is 0 Å². The summed E-state index contributed by atoms with van der Waals surface area (Å²) in [4.78, 5) is 8.52. The molecule has 0 aromatic carbocycles. The standard InChI is InChI=1S/C10H12BrN5/c1-6-9(14-4-3-13-6)7(2)16-10(12)8(11)5-15-16/h3-5,7H,12H2,1-2H3. The zero-order chi connectivity index (χ0) is 11.7. The van der Waals surface area contributed by atoms with Gasteiger partial charge >= 0.3 is 0 Å². The summed E-state index contributed by atoms with van der Waals surface area (Å²) in [7, 11) is 0. The van der Waals surface area contributed by atoms with Gasteiger partial charge < -0.3 is 5.73 Å². The first kappa shape index (κ1) is 11.1. The van der Waals surface area contributed by atoms with Gasteiger partial charge in [-0.1, -0.05) is 0 Å². The molecule has 2 aromatic rings. The van der Waals surface area contributed by atoms with Crippen molar-refractivity contribution in [3.8, 4) is 0 Å². The lowest BCUT2D eigenvalue weighted by molar-refractivity contribution is 0.553. The molecule has 16 heavy (non-hydrogen) atoms. The van der Waals surface area contributed by atoms with E-state index in [1.807, 2.05) is 13.8 Å². The molecule has 0 bridgehead atoms. The molecule has 0 amide bonds. The quantitative estimate of drug-likeness (QED) is 0.913. The Kier molecular flexibility index (Phi) is 2.91. The summed E-state index contributed by atoms with van der Waals surface area (Å²) in [6.07, 6.45) is 5.03. The minimum Gasteiger partial charge on any atom is -0.383 e. The van der Waals surface area contributed by atoms with Gasteiger partial charge in [0.15, 0.2) is 0 Å².